The summed E-state index contributed by atoms with van der Waals surface area (Å²) in [6, 6.07) is 7.12. The number of anilines is 1. The molecule has 0 radical (unpaired) electrons. The summed E-state index contributed by atoms with van der Waals surface area (Å²) in [4.78, 5) is 31.8. The van der Waals surface area contributed by atoms with Crippen molar-refractivity contribution in [1.82, 2.24) is 5.32 Å². The number of carbonyl (C=O) groups is 1. The summed E-state index contributed by atoms with van der Waals surface area (Å²) in [6.07, 6.45) is -4.83. The molecule has 0 saturated carbocycles. The Morgan fingerprint density at radius 2 is 1.54 bits per heavy atom. The van der Waals surface area contributed by atoms with Crippen molar-refractivity contribution in [3.63, 3.8) is 0 Å². The molecule has 0 atom stereocenters. The maximum atomic E-state index is 12.8. The molecule has 2 N–H and O–H groups in total. The fourth-order valence-electron chi connectivity index (χ4n) is 2.20. The molecule has 0 unspecified atom stereocenters. The van der Waals surface area contributed by atoms with E-state index in [1.54, 1.807) is 0 Å². The standard InChI is InChI=1S/C16H13F3N4O5/c17-16(18,19)11-7-10(8-14(9-11)23(27)28)15(24)21-6-5-20-12-1-3-13(4-2-12)22(25)26/h1-4,7-9,20H,5-6H2,(H,21,24). The van der Waals surface area contributed by atoms with Crippen molar-refractivity contribution in [1.29, 1.82) is 0 Å². The molecule has 0 heterocycles. The van der Waals surface area contributed by atoms with Crippen LogP contribution in [0.3, 0.4) is 0 Å². The second kappa shape index (κ2) is 8.33. The zero-order chi connectivity index (χ0) is 20.9. The van der Waals surface area contributed by atoms with E-state index in [4.69, 9.17) is 0 Å². The number of nitro groups is 2. The van der Waals surface area contributed by atoms with E-state index in [-0.39, 0.29) is 18.8 Å². The lowest BCUT2D eigenvalue weighted by atomic mass is 10.1. The van der Waals surface area contributed by atoms with E-state index >= 15 is 0 Å². The van der Waals surface area contributed by atoms with Gasteiger partial charge in [0, 0.05) is 48.6 Å². The minimum atomic E-state index is -4.83. The minimum Gasteiger partial charge on any atom is -0.383 e. The summed E-state index contributed by atoms with van der Waals surface area (Å²) in [5, 5.41) is 26.6. The van der Waals surface area contributed by atoms with E-state index in [2.05, 4.69) is 10.6 Å². The number of nitrogens with zero attached hydrogens (tertiary/aromatic N) is 2. The van der Waals surface area contributed by atoms with Gasteiger partial charge < -0.3 is 10.6 Å². The van der Waals surface area contributed by atoms with Gasteiger partial charge in [-0.3, -0.25) is 25.0 Å². The SMILES string of the molecule is O=C(NCCNc1ccc([N+](=O)[O-])cc1)c1cc([N+](=O)[O-])cc(C(F)(F)F)c1. The van der Waals surface area contributed by atoms with Crippen LogP contribution >= 0.6 is 0 Å². The molecule has 28 heavy (non-hydrogen) atoms. The number of nitro benzene ring substituents is 2. The van der Waals surface area contributed by atoms with Gasteiger partial charge in [-0.15, -0.1) is 0 Å². The van der Waals surface area contributed by atoms with Crippen molar-refractivity contribution in [3.8, 4) is 0 Å². The zero-order valence-electron chi connectivity index (χ0n) is 14.0. The summed E-state index contributed by atoms with van der Waals surface area (Å²) in [6.45, 7) is 0.171. The average molecular weight is 398 g/mol. The molecular weight excluding hydrogens is 385 g/mol. The molecule has 0 fully saturated rings. The molecule has 12 heteroatoms. The third-order valence-electron chi connectivity index (χ3n) is 3.54. The fourth-order valence-corrected chi connectivity index (χ4v) is 2.20. The number of amides is 1. The average Bonchev–Trinajstić information content (AvgIpc) is 2.64. The largest absolute Gasteiger partial charge is 0.416 e. The highest BCUT2D eigenvalue weighted by molar-refractivity contribution is 5.95. The predicted molar refractivity (Wildman–Crippen MR) is 92.0 cm³/mol. The number of non-ortho nitro benzene ring substituents is 2. The van der Waals surface area contributed by atoms with Crippen LogP contribution in [0.1, 0.15) is 15.9 Å². The second-order valence-electron chi connectivity index (χ2n) is 5.51. The number of hydrogen-bond donors (Lipinski definition) is 2. The Kier molecular flexibility index (Phi) is 6.13. The summed E-state index contributed by atoms with van der Waals surface area (Å²) in [7, 11) is 0. The Morgan fingerprint density at radius 3 is 2.07 bits per heavy atom. The lowest BCUT2D eigenvalue weighted by Gasteiger charge is -2.10. The van der Waals surface area contributed by atoms with Gasteiger partial charge in [0.2, 0.25) is 0 Å². The molecule has 0 aliphatic heterocycles. The van der Waals surface area contributed by atoms with Gasteiger partial charge in [0.1, 0.15) is 0 Å². The Hall–Kier alpha value is -3.70. The van der Waals surface area contributed by atoms with Gasteiger partial charge in [-0.05, 0) is 18.2 Å². The van der Waals surface area contributed by atoms with Crippen LogP contribution in [0.5, 0.6) is 0 Å². The van der Waals surface area contributed by atoms with E-state index in [9.17, 15) is 38.2 Å². The summed E-state index contributed by atoms with van der Waals surface area (Å²) < 4.78 is 38.5. The number of carbonyl (C=O) groups excluding carboxylic acids is 1. The molecule has 0 bridgehead atoms. The molecule has 2 rings (SSSR count). The molecule has 2 aromatic rings. The molecule has 9 nitrogen and oxygen atoms in total. The second-order valence-corrected chi connectivity index (χ2v) is 5.51. The molecule has 0 spiro atoms. The van der Waals surface area contributed by atoms with Crippen molar-refractivity contribution >= 4 is 23.0 Å². The number of rotatable bonds is 7. The highest BCUT2D eigenvalue weighted by Gasteiger charge is 2.33. The van der Waals surface area contributed by atoms with Gasteiger partial charge in [0.25, 0.3) is 17.3 Å². The van der Waals surface area contributed by atoms with Gasteiger partial charge in [0.05, 0.1) is 15.4 Å². The molecule has 148 valence electrons. The van der Waals surface area contributed by atoms with Gasteiger partial charge in [-0.25, -0.2) is 0 Å². The third kappa shape index (κ3) is 5.40. The third-order valence-corrected chi connectivity index (χ3v) is 3.54. The Balaban J connectivity index is 1.98. The molecule has 0 aromatic heterocycles. The smallest absolute Gasteiger partial charge is 0.383 e. The Bertz CT molecular complexity index is 900. The summed E-state index contributed by atoms with van der Waals surface area (Å²) >= 11 is 0. The fraction of sp³-hybridized carbons (Fsp3) is 0.188. The number of alkyl halides is 3. The number of hydrogen-bond acceptors (Lipinski definition) is 6. The molecule has 1 amide bonds. The van der Waals surface area contributed by atoms with E-state index in [0.717, 1.165) is 6.07 Å². The minimum absolute atomic E-state index is 0.000135. The van der Waals surface area contributed by atoms with Crippen LogP contribution in [-0.2, 0) is 6.18 Å². The number of nitrogens with one attached hydrogen (secondary N) is 2. The maximum absolute atomic E-state index is 12.8. The van der Waals surface area contributed by atoms with Crippen molar-refractivity contribution in [2.24, 2.45) is 0 Å². The van der Waals surface area contributed by atoms with Gasteiger partial charge in [-0.1, -0.05) is 0 Å². The van der Waals surface area contributed by atoms with Crippen molar-refractivity contribution in [2.75, 3.05) is 18.4 Å². The van der Waals surface area contributed by atoms with Crippen LogP contribution in [0.2, 0.25) is 0 Å². The Morgan fingerprint density at radius 1 is 0.929 bits per heavy atom. The topological polar surface area (TPSA) is 127 Å². The first kappa shape index (κ1) is 20.6. The van der Waals surface area contributed by atoms with Gasteiger partial charge >= 0.3 is 6.18 Å². The van der Waals surface area contributed by atoms with Crippen molar-refractivity contribution < 1.29 is 27.8 Å². The van der Waals surface area contributed by atoms with Crippen LogP contribution in [0, 0.1) is 20.2 Å². The zero-order valence-corrected chi connectivity index (χ0v) is 14.0. The quantitative estimate of drug-likeness (QED) is 0.418. The van der Waals surface area contributed by atoms with E-state index in [0.29, 0.717) is 17.8 Å². The van der Waals surface area contributed by atoms with Gasteiger partial charge in [0.15, 0.2) is 0 Å². The highest BCUT2D eigenvalue weighted by atomic mass is 19.4. The molecule has 0 saturated heterocycles. The first-order valence-electron chi connectivity index (χ1n) is 7.71. The lowest BCUT2D eigenvalue weighted by molar-refractivity contribution is -0.385. The lowest BCUT2D eigenvalue weighted by Crippen LogP contribution is -2.29. The van der Waals surface area contributed by atoms with Crippen LogP contribution < -0.4 is 10.6 Å². The molecular formula is C16H13F3N4O5. The van der Waals surface area contributed by atoms with Crippen LogP contribution in [0.25, 0.3) is 0 Å². The Labute approximate surface area is 155 Å². The first-order valence-corrected chi connectivity index (χ1v) is 7.71. The van der Waals surface area contributed by atoms with Crippen LogP contribution in [0.15, 0.2) is 42.5 Å². The number of benzene rings is 2. The van der Waals surface area contributed by atoms with E-state index in [1.165, 1.54) is 24.3 Å². The predicted octanol–water partition coefficient (Wildman–Crippen LogP) is 3.36. The number of halogens is 3. The van der Waals surface area contributed by atoms with Crippen LogP contribution in [0.4, 0.5) is 30.2 Å². The summed E-state index contributed by atoms with van der Waals surface area (Å²) in [5.41, 5.74) is -2.18. The normalized spacial score (nSPS) is 11.0. The van der Waals surface area contributed by atoms with Crippen LogP contribution in [-0.4, -0.2) is 28.8 Å². The molecule has 0 aliphatic rings. The molecule has 0 aliphatic carbocycles. The van der Waals surface area contributed by atoms with Gasteiger partial charge in [-0.2, -0.15) is 13.2 Å². The summed E-state index contributed by atoms with van der Waals surface area (Å²) in [5.74, 6) is -0.903. The van der Waals surface area contributed by atoms with Crippen molar-refractivity contribution in [3.05, 3.63) is 73.8 Å². The first-order chi connectivity index (χ1) is 13.1. The maximum Gasteiger partial charge on any atom is 0.416 e. The van der Waals surface area contributed by atoms with E-state index in [1.807, 2.05) is 0 Å². The van der Waals surface area contributed by atoms with E-state index < -0.39 is 38.7 Å². The molecule has 2 aromatic carbocycles. The van der Waals surface area contributed by atoms with Crippen molar-refractivity contribution in [2.45, 2.75) is 6.18 Å². The monoisotopic (exact) mass is 398 g/mol. The highest BCUT2D eigenvalue weighted by Crippen LogP contribution is 2.32.